The smallest absolute Gasteiger partial charge is 0.307 e. The molecule has 20 heavy (non-hydrogen) atoms. The minimum atomic E-state index is -0.0213. The summed E-state index contributed by atoms with van der Waals surface area (Å²) in [5.41, 5.74) is 0.0175. The molecule has 4 nitrogen and oxygen atoms in total. The molecule has 2 aliphatic rings. The molecule has 0 bridgehead atoms. The molecule has 0 aromatic carbocycles. The van der Waals surface area contributed by atoms with Crippen molar-refractivity contribution < 1.29 is 9.53 Å². The van der Waals surface area contributed by atoms with E-state index in [0.717, 1.165) is 32.6 Å². The molecule has 0 spiro atoms. The summed E-state index contributed by atoms with van der Waals surface area (Å²) in [6.07, 6.45) is 8.10. The first-order valence-corrected chi connectivity index (χ1v) is 8.25. The van der Waals surface area contributed by atoms with Crippen molar-refractivity contribution in [2.24, 2.45) is 0 Å². The molecule has 0 aromatic heterocycles. The number of hydrogen-bond acceptors (Lipinski definition) is 4. The van der Waals surface area contributed by atoms with Gasteiger partial charge in [0.1, 0.15) is 0 Å². The third kappa shape index (κ3) is 3.95. The average molecular weight is 282 g/mol. The van der Waals surface area contributed by atoms with E-state index in [4.69, 9.17) is 4.74 Å². The van der Waals surface area contributed by atoms with E-state index in [0.29, 0.717) is 13.0 Å². The fourth-order valence-corrected chi connectivity index (χ4v) is 3.88. The van der Waals surface area contributed by atoms with Gasteiger partial charge in [-0.2, -0.15) is 0 Å². The number of hydrogen-bond donors (Lipinski definition) is 0. The van der Waals surface area contributed by atoms with E-state index in [1.54, 1.807) is 0 Å². The minimum Gasteiger partial charge on any atom is -0.466 e. The summed E-state index contributed by atoms with van der Waals surface area (Å²) in [7, 11) is 2.18. The van der Waals surface area contributed by atoms with Gasteiger partial charge < -0.3 is 9.64 Å². The van der Waals surface area contributed by atoms with E-state index in [1.165, 1.54) is 32.1 Å². The van der Waals surface area contributed by atoms with Crippen LogP contribution in [0.25, 0.3) is 0 Å². The lowest BCUT2D eigenvalue weighted by Gasteiger charge is -2.48. The van der Waals surface area contributed by atoms with Crippen molar-refractivity contribution in [3.63, 3.8) is 0 Å². The van der Waals surface area contributed by atoms with Crippen LogP contribution in [0.2, 0.25) is 0 Å². The van der Waals surface area contributed by atoms with Gasteiger partial charge in [0, 0.05) is 12.1 Å². The van der Waals surface area contributed by atoms with Gasteiger partial charge in [-0.25, -0.2) is 0 Å². The van der Waals surface area contributed by atoms with E-state index in [1.807, 2.05) is 6.92 Å². The van der Waals surface area contributed by atoms with Crippen molar-refractivity contribution in [1.29, 1.82) is 0 Å². The first kappa shape index (κ1) is 15.8. The maximum Gasteiger partial charge on any atom is 0.307 e. The highest BCUT2D eigenvalue weighted by Gasteiger charge is 2.41. The highest BCUT2D eigenvalue weighted by Crippen LogP contribution is 2.33. The Bertz CT molecular complexity index is 314. The van der Waals surface area contributed by atoms with E-state index in [9.17, 15) is 4.79 Å². The van der Waals surface area contributed by atoms with Crippen molar-refractivity contribution in [2.45, 2.75) is 57.4 Å². The molecule has 1 atom stereocenters. The van der Waals surface area contributed by atoms with Crippen molar-refractivity contribution in [3.8, 4) is 0 Å². The lowest BCUT2D eigenvalue weighted by atomic mass is 9.83. The number of nitrogens with zero attached hydrogens (tertiary/aromatic N) is 2. The maximum atomic E-state index is 12.1. The second-order valence-electron chi connectivity index (χ2n) is 6.45. The molecule has 0 radical (unpaired) electrons. The molecule has 2 saturated heterocycles. The third-order valence-corrected chi connectivity index (χ3v) is 4.80. The fraction of sp³-hybridized carbons (Fsp3) is 0.938. The van der Waals surface area contributed by atoms with Gasteiger partial charge >= 0.3 is 5.97 Å². The van der Waals surface area contributed by atoms with Crippen molar-refractivity contribution in [2.75, 3.05) is 39.8 Å². The SMILES string of the molecule is CCOC(=O)CC1(N2CCCCCC2)CCCN(C)C1. The van der Waals surface area contributed by atoms with E-state index >= 15 is 0 Å². The zero-order chi connectivity index (χ0) is 14.4. The van der Waals surface area contributed by atoms with E-state index in [2.05, 4.69) is 16.8 Å². The van der Waals surface area contributed by atoms with Gasteiger partial charge in [0.25, 0.3) is 0 Å². The van der Waals surface area contributed by atoms with Crippen LogP contribution in [0.4, 0.5) is 0 Å². The average Bonchev–Trinajstić information content (AvgIpc) is 2.68. The highest BCUT2D eigenvalue weighted by molar-refractivity contribution is 5.71. The van der Waals surface area contributed by atoms with Gasteiger partial charge in [0.15, 0.2) is 0 Å². The molecule has 2 aliphatic heterocycles. The Morgan fingerprint density at radius 1 is 1.10 bits per heavy atom. The summed E-state index contributed by atoms with van der Waals surface area (Å²) in [4.78, 5) is 17.1. The molecule has 0 saturated carbocycles. The van der Waals surface area contributed by atoms with Gasteiger partial charge in [-0.05, 0) is 59.3 Å². The molecule has 0 amide bonds. The molecule has 2 fully saturated rings. The third-order valence-electron chi connectivity index (χ3n) is 4.80. The normalized spacial score (nSPS) is 29.9. The van der Waals surface area contributed by atoms with Crippen LogP contribution in [-0.2, 0) is 9.53 Å². The second-order valence-corrected chi connectivity index (χ2v) is 6.45. The molecular weight excluding hydrogens is 252 g/mol. The topological polar surface area (TPSA) is 32.8 Å². The molecule has 4 heteroatoms. The van der Waals surface area contributed by atoms with Crippen LogP contribution in [-0.4, -0.2) is 61.1 Å². The lowest BCUT2D eigenvalue weighted by molar-refractivity contribution is -0.148. The van der Waals surface area contributed by atoms with Crippen LogP contribution in [0.1, 0.15) is 51.9 Å². The molecule has 0 N–H and O–H groups in total. The van der Waals surface area contributed by atoms with Gasteiger partial charge in [0.2, 0.25) is 0 Å². The first-order chi connectivity index (χ1) is 9.66. The molecule has 116 valence electrons. The van der Waals surface area contributed by atoms with Crippen molar-refractivity contribution in [3.05, 3.63) is 0 Å². The Kier molecular flexibility index (Phi) is 5.85. The van der Waals surface area contributed by atoms with Crippen LogP contribution in [0.15, 0.2) is 0 Å². The van der Waals surface area contributed by atoms with Gasteiger partial charge in [-0.3, -0.25) is 9.69 Å². The van der Waals surface area contributed by atoms with Crippen LogP contribution in [0.5, 0.6) is 0 Å². The van der Waals surface area contributed by atoms with Gasteiger partial charge in [0.05, 0.1) is 13.0 Å². The Balaban J connectivity index is 2.11. The number of ether oxygens (including phenoxy) is 1. The van der Waals surface area contributed by atoms with Crippen LogP contribution in [0.3, 0.4) is 0 Å². The van der Waals surface area contributed by atoms with Gasteiger partial charge in [-0.1, -0.05) is 12.8 Å². The Hall–Kier alpha value is -0.610. The van der Waals surface area contributed by atoms with E-state index in [-0.39, 0.29) is 11.5 Å². The molecule has 1 unspecified atom stereocenters. The second kappa shape index (κ2) is 7.41. The number of carbonyl (C=O) groups is 1. The summed E-state index contributed by atoms with van der Waals surface area (Å²) in [5, 5.41) is 0. The molecule has 0 aliphatic carbocycles. The summed E-state index contributed by atoms with van der Waals surface area (Å²) < 4.78 is 5.24. The zero-order valence-corrected chi connectivity index (χ0v) is 13.2. The quantitative estimate of drug-likeness (QED) is 0.741. The number of likely N-dealkylation sites (N-methyl/N-ethyl adjacent to an activating group) is 1. The number of esters is 1. The Morgan fingerprint density at radius 2 is 1.80 bits per heavy atom. The van der Waals surface area contributed by atoms with Crippen molar-refractivity contribution in [1.82, 2.24) is 9.80 Å². The predicted molar refractivity (Wildman–Crippen MR) is 80.8 cm³/mol. The zero-order valence-electron chi connectivity index (χ0n) is 13.2. The van der Waals surface area contributed by atoms with Crippen LogP contribution < -0.4 is 0 Å². The standard InChI is InChI=1S/C16H30N2O2/c1-3-20-15(19)13-16(9-8-10-17(2)14-16)18-11-6-4-5-7-12-18/h3-14H2,1-2H3. The highest BCUT2D eigenvalue weighted by atomic mass is 16.5. The summed E-state index contributed by atoms with van der Waals surface area (Å²) in [5.74, 6) is -0.0213. The number of rotatable bonds is 4. The van der Waals surface area contributed by atoms with Crippen molar-refractivity contribution >= 4 is 5.97 Å². The largest absolute Gasteiger partial charge is 0.466 e. The lowest BCUT2D eigenvalue weighted by Crippen LogP contribution is -2.59. The molecule has 2 rings (SSSR count). The summed E-state index contributed by atoms with van der Waals surface area (Å²) in [6, 6.07) is 0. The number of carbonyl (C=O) groups excluding carboxylic acids is 1. The first-order valence-electron chi connectivity index (χ1n) is 8.25. The summed E-state index contributed by atoms with van der Waals surface area (Å²) in [6.45, 7) is 6.83. The minimum absolute atomic E-state index is 0.0175. The maximum absolute atomic E-state index is 12.1. The van der Waals surface area contributed by atoms with Crippen LogP contribution in [0, 0.1) is 0 Å². The molecular formula is C16H30N2O2. The van der Waals surface area contributed by atoms with E-state index < -0.39 is 0 Å². The predicted octanol–water partition coefficient (Wildman–Crippen LogP) is 2.28. The number of likely N-dealkylation sites (tertiary alicyclic amines) is 2. The Labute approximate surface area is 123 Å². The molecule has 2 heterocycles. The van der Waals surface area contributed by atoms with Gasteiger partial charge in [-0.15, -0.1) is 0 Å². The summed E-state index contributed by atoms with van der Waals surface area (Å²) >= 11 is 0. The Morgan fingerprint density at radius 3 is 2.40 bits per heavy atom. The molecule has 0 aromatic rings. The number of piperidine rings is 1. The van der Waals surface area contributed by atoms with Crippen LogP contribution >= 0.6 is 0 Å². The monoisotopic (exact) mass is 282 g/mol. The fourth-order valence-electron chi connectivity index (χ4n) is 3.88.